The van der Waals surface area contributed by atoms with E-state index >= 15 is 0 Å². The lowest BCUT2D eigenvalue weighted by atomic mass is 10.1. The van der Waals surface area contributed by atoms with Crippen molar-refractivity contribution in [2.45, 2.75) is 0 Å². The van der Waals surface area contributed by atoms with Gasteiger partial charge in [0.05, 0.1) is 10.3 Å². The third kappa shape index (κ3) is 2.92. The van der Waals surface area contributed by atoms with Gasteiger partial charge in [-0.15, -0.1) is 0 Å². The molecule has 5 nitrogen and oxygen atoms in total. The summed E-state index contributed by atoms with van der Waals surface area (Å²) >= 11 is 0. The minimum absolute atomic E-state index is 0.0124. The van der Waals surface area contributed by atoms with Crippen LogP contribution in [-0.2, 0) is 4.74 Å². The molecule has 2 aromatic rings. The number of fused-ring (bicyclic) bond motifs is 1. The molecule has 0 amide bonds. The van der Waals surface area contributed by atoms with Gasteiger partial charge in [-0.25, -0.2) is 0 Å². The zero-order valence-corrected chi connectivity index (χ0v) is 9.58. The highest BCUT2D eigenvalue weighted by molar-refractivity contribution is 5.94. The first-order valence-corrected chi connectivity index (χ1v) is 4.87. The molecule has 0 spiro atoms. The lowest BCUT2D eigenvalue weighted by Gasteiger charge is -2.00. The monoisotopic (exact) mass is 235 g/mol. The predicted molar refractivity (Wildman–Crippen MR) is 65.2 cm³/mol. The summed E-state index contributed by atoms with van der Waals surface area (Å²) in [5.74, 6) is 0.0613. The van der Waals surface area contributed by atoms with Crippen LogP contribution < -0.4 is 0 Å². The molecule has 0 saturated carbocycles. The summed E-state index contributed by atoms with van der Waals surface area (Å²) in [7, 11) is 3.25. The van der Waals surface area contributed by atoms with Crippen LogP contribution >= 0.6 is 0 Å². The zero-order chi connectivity index (χ0) is 12.8. The number of phenolic OH excluding ortho intramolecular Hbond substituents is 1. The number of nitro benzene ring substituents is 1. The molecule has 0 heterocycles. The molecule has 2 aromatic carbocycles. The van der Waals surface area contributed by atoms with Crippen molar-refractivity contribution in [3.8, 4) is 5.75 Å². The van der Waals surface area contributed by atoms with Crippen molar-refractivity contribution in [1.82, 2.24) is 0 Å². The predicted octanol–water partition coefficient (Wildman–Crippen LogP) is 2.72. The molecule has 90 valence electrons. The van der Waals surface area contributed by atoms with Crippen LogP contribution in [0, 0.1) is 10.1 Å². The minimum atomic E-state index is -0.457. The molecule has 17 heavy (non-hydrogen) atoms. The summed E-state index contributed by atoms with van der Waals surface area (Å²) < 4.78 is 4.25. The summed E-state index contributed by atoms with van der Waals surface area (Å²) in [5.41, 5.74) is 0.0124. The normalized spacial score (nSPS) is 9.53. The molecule has 1 N–H and O–H groups in total. The number of hydrogen-bond donors (Lipinski definition) is 1. The fourth-order valence-corrected chi connectivity index (χ4v) is 1.43. The quantitative estimate of drug-likeness (QED) is 0.609. The molecular formula is C12H13NO4. The molecule has 0 saturated heterocycles. The average Bonchev–Trinajstić information content (AvgIpc) is 2.30. The van der Waals surface area contributed by atoms with Crippen LogP contribution in [0.2, 0.25) is 0 Å². The van der Waals surface area contributed by atoms with Gasteiger partial charge in [-0.2, -0.15) is 0 Å². The standard InChI is InChI=1S/C10H7NO3.C2H6O/c12-10-6-5-9(11(13)14)7-3-1-2-4-8(7)10;1-3-2/h1-6,12H;1-2H3. The Morgan fingerprint density at radius 3 is 2.18 bits per heavy atom. The number of hydrogen-bond acceptors (Lipinski definition) is 4. The van der Waals surface area contributed by atoms with Crippen LogP contribution in [0.1, 0.15) is 0 Å². The Bertz CT molecular complexity index is 525. The summed E-state index contributed by atoms with van der Waals surface area (Å²) in [6.45, 7) is 0. The minimum Gasteiger partial charge on any atom is -0.507 e. The molecule has 0 fully saturated rings. The third-order valence-corrected chi connectivity index (χ3v) is 2.07. The van der Waals surface area contributed by atoms with E-state index in [1.54, 1.807) is 38.5 Å². The molecule has 0 aliphatic heterocycles. The van der Waals surface area contributed by atoms with E-state index < -0.39 is 4.92 Å². The molecule has 0 atom stereocenters. The second kappa shape index (κ2) is 5.81. The van der Waals surface area contributed by atoms with Gasteiger partial charge >= 0.3 is 0 Å². The van der Waals surface area contributed by atoms with Gasteiger partial charge in [0.15, 0.2) is 0 Å². The Labute approximate surface area is 98.4 Å². The summed E-state index contributed by atoms with van der Waals surface area (Å²) in [6.07, 6.45) is 0. The van der Waals surface area contributed by atoms with Gasteiger partial charge < -0.3 is 9.84 Å². The lowest BCUT2D eigenvalue weighted by molar-refractivity contribution is -0.383. The molecule has 0 aliphatic rings. The Morgan fingerprint density at radius 2 is 1.65 bits per heavy atom. The van der Waals surface area contributed by atoms with Gasteiger partial charge in [0.2, 0.25) is 0 Å². The maximum atomic E-state index is 10.7. The first-order valence-electron chi connectivity index (χ1n) is 4.87. The topological polar surface area (TPSA) is 72.6 Å². The van der Waals surface area contributed by atoms with E-state index in [1.165, 1.54) is 12.1 Å². The maximum absolute atomic E-state index is 10.7. The van der Waals surface area contributed by atoms with Crippen molar-refractivity contribution >= 4 is 16.5 Å². The van der Waals surface area contributed by atoms with Crippen molar-refractivity contribution in [1.29, 1.82) is 0 Å². The highest BCUT2D eigenvalue weighted by atomic mass is 16.6. The third-order valence-electron chi connectivity index (χ3n) is 2.07. The van der Waals surface area contributed by atoms with E-state index in [2.05, 4.69) is 4.74 Å². The maximum Gasteiger partial charge on any atom is 0.277 e. The van der Waals surface area contributed by atoms with Crippen LogP contribution in [0.3, 0.4) is 0 Å². The largest absolute Gasteiger partial charge is 0.507 e. The summed E-state index contributed by atoms with van der Waals surface area (Å²) in [6, 6.07) is 9.34. The smallest absolute Gasteiger partial charge is 0.277 e. The number of aromatic hydroxyl groups is 1. The second-order valence-corrected chi connectivity index (χ2v) is 3.31. The van der Waals surface area contributed by atoms with E-state index in [1.807, 2.05) is 0 Å². The van der Waals surface area contributed by atoms with Crippen LogP contribution in [-0.4, -0.2) is 24.2 Å². The fourth-order valence-electron chi connectivity index (χ4n) is 1.43. The van der Waals surface area contributed by atoms with E-state index in [-0.39, 0.29) is 11.4 Å². The van der Waals surface area contributed by atoms with Crippen LogP contribution in [0.15, 0.2) is 36.4 Å². The number of ether oxygens (including phenoxy) is 1. The van der Waals surface area contributed by atoms with Crippen molar-refractivity contribution in [3.05, 3.63) is 46.5 Å². The highest BCUT2D eigenvalue weighted by Gasteiger charge is 2.12. The molecule has 5 heteroatoms. The number of nitro groups is 1. The van der Waals surface area contributed by atoms with Gasteiger partial charge in [0.1, 0.15) is 5.75 Å². The Morgan fingerprint density at radius 1 is 1.12 bits per heavy atom. The van der Waals surface area contributed by atoms with Crippen LogP contribution in [0.5, 0.6) is 5.75 Å². The van der Waals surface area contributed by atoms with Crippen LogP contribution in [0.25, 0.3) is 10.8 Å². The Kier molecular flexibility index (Phi) is 4.42. The first-order chi connectivity index (χ1) is 8.11. The second-order valence-electron chi connectivity index (χ2n) is 3.31. The van der Waals surface area contributed by atoms with Crippen LogP contribution in [0.4, 0.5) is 5.69 Å². The SMILES string of the molecule is COC.O=[N+]([O-])c1ccc(O)c2ccccc12. The molecule has 0 aliphatic carbocycles. The van der Waals surface area contributed by atoms with Gasteiger partial charge in [-0.05, 0) is 12.1 Å². The van der Waals surface area contributed by atoms with E-state index in [0.29, 0.717) is 10.8 Å². The fraction of sp³-hybridized carbons (Fsp3) is 0.167. The molecule has 0 aromatic heterocycles. The Hall–Kier alpha value is -2.14. The lowest BCUT2D eigenvalue weighted by Crippen LogP contribution is -1.88. The van der Waals surface area contributed by atoms with Gasteiger partial charge in [0, 0.05) is 25.7 Å². The number of benzene rings is 2. The number of methoxy groups -OCH3 is 1. The van der Waals surface area contributed by atoms with Gasteiger partial charge in [-0.1, -0.05) is 18.2 Å². The molecule has 2 rings (SSSR count). The summed E-state index contributed by atoms with van der Waals surface area (Å²) in [4.78, 5) is 10.2. The van der Waals surface area contributed by atoms with Crippen molar-refractivity contribution in [2.75, 3.05) is 14.2 Å². The van der Waals surface area contributed by atoms with Crippen molar-refractivity contribution < 1.29 is 14.8 Å². The highest BCUT2D eigenvalue weighted by Crippen LogP contribution is 2.31. The molecule has 0 radical (unpaired) electrons. The van der Waals surface area contributed by atoms with Gasteiger partial charge in [-0.3, -0.25) is 10.1 Å². The van der Waals surface area contributed by atoms with Gasteiger partial charge in [0.25, 0.3) is 5.69 Å². The zero-order valence-electron chi connectivity index (χ0n) is 9.58. The Balaban J connectivity index is 0.000000437. The number of rotatable bonds is 1. The van der Waals surface area contributed by atoms with E-state index in [0.717, 1.165) is 0 Å². The van der Waals surface area contributed by atoms with E-state index in [9.17, 15) is 15.2 Å². The average molecular weight is 235 g/mol. The van der Waals surface area contributed by atoms with Crippen molar-refractivity contribution in [2.24, 2.45) is 0 Å². The number of phenols is 1. The van der Waals surface area contributed by atoms with E-state index in [4.69, 9.17) is 0 Å². The molecule has 0 unspecified atom stereocenters. The first kappa shape index (κ1) is 12.9. The molecular weight excluding hydrogens is 222 g/mol. The summed E-state index contributed by atoms with van der Waals surface area (Å²) in [5, 5.41) is 21.1. The number of nitrogens with zero attached hydrogens (tertiary/aromatic N) is 1. The number of non-ortho nitro benzene ring substituents is 1. The van der Waals surface area contributed by atoms with Crippen molar-refractivity contribution in [3.63, 3.8) is 0 Å². The molecule has 0 bridgehead atoms.